The predicted octanol–water partition coefficient (Wildman–Crippen LogP) is 5.09. The van der Waals surface area contributed by atoms with Gasteiger partial charge in [0.15, 0.2) is 11.5 Å². The molecule has 0 unspecified atom stereocenters. The van der Waals surface area contributed by atoms with Crippen LogP contribution in [0.25, 0.3) is 10.8 Å². The molecule has 6 heteroatoms. The van der Waals surface area contributed by atoms with Crippen LogP contribution in [-0.2, 0) is 13.2 Å². The zero-order chi connectivity index (χ0) is 22.6. The second-order valence-corrected chi connectivity index (χ2v) is 7.69. The first kappa shape index (κ1) is 20.7. The van der Waals surface area contributed by atoms with E-state index in [0.717, 1.165) is 33.4 Å². The van der Waals surface area contributed by atoms with Gasteiger partial charge in [-0.25, -0.2) is 0 Å². The maximum absolute atomic E-state index is 12.8. The first-order valence-corrected chi connectivity index (χ1v) is 10.6. The summed E-state index contributed by atoms with van der Waals surface area (Å²) in [5.41, 5.74) is 2.26. The summed E-state index contributed by atoms with van der Waals surface area (Å²) in [6, 6.07) is 25.1. The van der Waals surface area contributed by atoms with Crippen LogP contribution in [0.15, 0.2) is 78.9 Å². The van der Waals surface area contributed by atoms with Crippen molar-refractivity contribution in [1.82, 2.24) is 5.32 Å². The van der Waals surface area contributed by atoms with Crippen LogP contribution in [0, 0.1) is 0 Å². The summed E-state index contributed by atoms with van der Waals surface area (Å²) < 4.78 is 22.2. The third kappa shape index (κ3) is 4.55. The first-order valence-electron chi connectivity index (χ1n) is 10.6. The van der Waals surface area contributed by atoms with Gasteiger partial charge in [-0.15, -0.1) is 0 Å². The van der Waals surface area contributed by atoms with Crippen LogP contribution in [0.3, 0.4) is 0 Å². The molecule has 1 heterocycles. The summed E-state index contributed by atoms with van der Waals surface area (Å²) in [5, 5.41) is 5.21. The van der Waals surface area contributed by atoms with Crippen LogP contribution in [0.4, 0.5) is 0 Å². The van der Waals surface area contributed by atoms with Crippen molar-refractivity contribution in [2.24, 2.45) is 0 Å². The highest BCUT2D eigenvalue weighted by Crippen LogP contribution is 2.32. The summed E-state index contributed by atoms with van der Waals surface area (Å²) >= 11 is 0. The number of fused-ring (bicyclic) bond motifs is 2. The Hall–Kier alpha value is -4.19. The fourth-order valence-electron chi connectivity index (χ4n) is 3.79. The van der Waals surface area contributed by atoms with Crippen molar-refractivity contribution in [3.05, 3.63) is 95.6 Å². The van der Waals surface area contributed by atoms with Crippen molar-refractivity contribution in [3.8, 4) is 23.0 Å². The molecule has 4 aromatic rings. The molecule has 5 rings (SSSR count). The molecular weight excluding hydrogens is 418 g/mol. The maximum Gasteiger partial charge on any atom is 0.251 e. The van der Waals surface area contributed by atoms with Crippen molar-refractivity contribution < 1.29 is 23.7 Å². The minimum Gasteiger partial charge on any atom is -0.496 e. The van der Waals surface area contributed by atoms with Gasteiger partial charge in [-0.3, -0.25) is 4.79 Å². The molecule has 0 saturated heterocycles. The van der Waals surface area contributed by atoms with Gasteiger partial charge in [0.2, 0.25) is 6.79 Å². The quantitative estimate of drug-likeness (QED) is 0.433. The second-order valence-electron chi connectivity index (χ2n) is 7.69. The van der Waals surface area contributed by atoms with Gasteiger partial charge in [-0.2, -0.15) is 0 Å². The number of ether oxygens (including phenoxy) is 4. The lowest BCUT2D eigenvalue weighted by atomic mass is 10.1. The third-order valence-corrected chi connectivity index (χ3v) is 5.55. The highest BCUT2D eigenvalue weighted by molar-refractivity contribution is 5.94. The average Bonchev–Trinajstić information content (AvgIpc) is 3.33. The predicted molar refractivity (Wildman–Crippen MR) is 125 cm³/mol. The number of rotatable bonds is 7. The number of carbonyl (C=O) groups excluding carboxylic acids is 1. The summed E-state index contributed by atoms with van der Waals surface area (Å²) in [6.45, 7) is 0.885. The SMILES string of the molecule is COc1ccc(C(=O)NCc2ccc3c(c2)OCO3)cc1COc1ccc2ccccc2c1. The minimum atomic E-state index is -0.178. The van der Waals surface area contributed by atoms with Gasteiger partial charge in [0.1, 0.15) is 18.1 Å². The monoisotopic (exact) mass is 441 g/mol. The van der Waals surface area contributed by atoms with E-state index in [1.54, 1.807) is 25.3 Å². The average molecular weight is 441 g/mol. The van der Waals surface area contributed by atoms with Crippen molar-refractivity contribution in [2.75, 3.05) is 13.9 Å². The zero-order valence-corrected chi connectivity index (χ0v) is 18.2. The number of hydrogen-bond donors (Lipinski definition) is 1. The Labute approximate surface area is 191 Å². The van der Waals surface area contributed by atoms with Crippen LogP contribution in [0.2, 0.25) is 0 Å². The Morgan fingerprint density at radius 3 is 2.64 bits per heavy atom. The summed E-state index contributed by atoms with van der Waals surface area (Å²) in [7, 11) is 1.61. The number of methoxy groups -OCH3 is 1. The minimum absolute atomic E-state index is 0.178. The third-order valence-electron chi connectivity index (χ3n) is 5.55. The molecule has 4 aromatic carbocycles. The van der Waals surface area contributed by atoms with Gasteiger partial charge in [-0.1, -0.05) is 36.4 Å². The van der Waals surface area contributed by atoms with Gasteiger partial charge < -0.3 is 24.3 Å². The molecule has 0 spiro atoms. The molecule has 1 aliphatic rings. The van der Waals surface area contributed by atoms with Crippen LogP contribution < -0.4 is 24.3 Å². The van der Waals surface area contributed by atoms with Crippen LogP contribution >= 0.6 is 0 Å². The molecule has 0 saturated carbocycles. The fraction of sp³-hybridized carbons (Fsp3) is 0.148. The molecule has 1 aliphatic heterocycles. The standard InChI is InChI=1S/C27H23NO5/c1-30-24-11-8-21(27(29)28-15-18-6-10-25-26(12-18)33-17-32-25)13-22(24)16-31-23-9-7-19-4-2-3-5-20(19)14-23/h2-14H,15-17H2,1H3,(H,28,29). The van der Waals surface area contributed by atoms with Crippen molar-refractivity contribution >= 4 is 16.7 Å². The van der Waals surface area contributed by atoms with Crippen molar-refractivity contribution in [2.45, 2.75) is 13.2 Å². The number of nitrogens with one attached hydrogen (secondary N) is 1. The topological polar surface area (TPSA) is 66.0 Å². The van der Waals surface area contributed by atoms with E-state index in [2.05, 4.69) is 11.4 Å². The summed E-state index contributed by atoms with van der Waals surface area (Å²) in [4.78, 5) is 12.8. The van der Waals surface area contributed by atoms with E-state index >= 15 is 0 Å². The molecule has 1 amide bonds. The second kappa shape index (κ2) is 9.12. The van der Waals surface area contributed by atoms with Gasteiger partial charge in [0.25, 0.3) is 5.91 Å². The molecule has 1 N–H and O–H groups in total. The molecule has 0 radical (unpaired) electrons. The lowest BCUT2D eigenvalue weighted by Gasteiger charge is -2.13. The maximum atomic E-state index is 12.8. The Morgan fingerprint density at radius 2 is 1.76 bits per heavy atom. The number of benzene rings is 4. The van der Waals surface area contributed by atoms with Crippen LogP contribution in [0.1, 0.15) is 21.5 Å². The van der Waals surface area contributed by atoms with Gasteiger partial charge >= 0.3 is 0 Å². The zero-order valence-electron chi connectivity index (χ0n) is 18.2. The molecule has 33 heavy (non-hydrogen) atoms. The normalized spacial score (nSPS) is 11.9. The largest absolute Gasteiger partial charge is 0.496 e. The Morgan fingerprint density at radius 1 is 0.909 bits per heavy atom. The van der Waals surface area contributed by atoms with Gasteiger partial charge in [-0.05, 0) is 58.8 Å². The van der Waals surface area contributed by atoms with Crippen molar-refractivity contribution in [3.63, 3.8) is 0 Å². The van der Waals surface area contributed by atoms with E-state index in [4.69, 9.17) is 18.9 Å². The van der Waals surface area contributed by atoms with E-state index in [0.29, 0.717) is 23.6 Å². The Balaban J connectivity index is 1.27. The highest BCUT2D eigenvalue weighted by atomic mass is 16.7. The van der Waals surface area contributed by atoms with Gasteiger partial charge in [0, 0.05) is 17.7 Å². The molecule has 0 bridgehead atoms. The highest BCUT2D eigenvalue weighted by Gasteiger charge is 2.15. The smallest absolute Gasteiger partial charge is 0.251 e. The number of hydrogen-bond acceptors (Lipinski definition) is 5. The summed E-state index contributed by atoms with van der Waals surface area (Å²) in [6.07, 6.45) is 0. The van der Waals surface area contributed by atoms with Crippen LogP contribution in [0.5, 0.6) is 23.0 Å². The van der Waals surface area contributed by atoms with E-state index in [-0.39, 0.29) is 19.3 Å². The molecule has 6 nitrogen and oxygen atoms in total. The Bertz CT molecular complexity index is 1320. The van der Waals surface area contributed by atoms with Gasteiger partial charge in [0.05, 0.1) is 7.11 Å². The number of amides is 1. The molecule has 0 atom stereocenters. The molecule has 0 fully saturated rings. The molecule has 0 aromatic heterocycles. The lowest BCUT2D eigenvalue weighted by molar-refractivity contribution is 0.0950. The lowest BCUT2D eigenvalue weighted by Crippen LogP contribution is -2.23. The molecular formula is C27H23NO5. The van der Waals surface area contributed by atoms with E-state index in [1.165, 1.54) is 0 Å². The van der Waals surface area contributed by atoms with Crippen LogP contribution in [-0.4, -0.2) is 19.8 Å². The Kier molecular flexibility index (Phi) is 5.72. The van der Waals surface area contributed by atoms with E-state index in [1.807, 2.05) is 54.6 Å². The first-order chi connectivity index (χ1) is 16.2. The van der Waals surface area contributed by atoms with Crippen molar-refractivity contribution in [1.29, 1.82) is 0 Å². The summed E-state index contributed by atoms with van der Waals surface area (Å²) in [5.74, 6) is 2.66. The fourth-order valence-corrected chi connectivity index (χ4v) is 3.79. The van der Waals surface area contributed by atoms with E-state index < -0.39 is 0 Å². The van der Waals surface area contributed by atoms with E-state index in [9.17, 15) is 4.79 Å². The molecule has 0 aliphatic carbocycles. The number of carbonyl (C=O) groups is 1. The molecule has 166 valence electrons.